The van der Waals surface area contributed by atoms with Gasteiger partial charge in [-0.15, -0.1) is 0 Å². The summed E-state index contributed by atoms with van der Waals surface area (Å²) in [6.45, 7) is 3.32. The summed E-state index contributed by atoms with van der Waals surface area (Å²) >= 11 is 5.52. The van der Waals surface area contributed by atoms with Gasteiger partial charge in [-0.25, -0.2) is 0 Å². The molecule has 0 aromatic heterocycles. The second kappa shape index (κ2) is 12.9. The summed E-state index contributed by atoms with van der Waals surface area (Å²) in [4.78, 5) is 30.7. The number of nitrogens with one attached hydrogen (secondary N) is 2. The van der Waals surface area contributed by atoms with E-state index in [2.05, 4.69) is 10.6 Å². The maximum atomic E-state index is 13.9. The number of anilines is 1. The first-order valence-corrected chi connectivity index (χ1v) is 13.8. The van der Waals surface area contributed by atoms with E-state index in [4.69, 9.17) is 21.7 Å². The Morgan fingerprint density at radius 2 is 1.70 bits per heavy atom. The van der Waals surface area contributed by atoms with Gasteiger partial charge in [-0.2, -0.15) is 13.2 Å². The number of halogens is 3. The summed E-state index contributed by atoms with van der Waals surface area (Å²) in [5.41, 5.74) is -0.460. The van der Waals surface area contributed by atoms with Gasteiger partial charge >= 0.3 is 6.18 Å². The molecule has 1 aliphatic rings. The predicted octanol–water partition coefficient (Wildman–Crippen LogP) is 5.40. The molecule has 0 radical (unpaired) electrons. The second-order valence-electron chi connectivity index (χ2n) is 10.5. The first-order valence-electron chi connectivity index (χ1n) is 13.4. The quantitative estimate of drug-likeness (QED) is 0.296. The van der Waals surface area contributed by atoms with Crippen molar-refractivity contribution in [2.75, 3.05) is 32.6 Å². The van der Waals surface area contributed by atoms with Gasteiger partial charge < -0.3 is 29.9 Å². The van der Waals surface area contributed by atoms with Gasteiger partial charge in [0.25, 0.3) is 0 Å². The van der Waals surface area contributed by atoms with Gasteiger partial charge in [-0.3, -0.25) is 9.59 Å². The average Bonchev–Trinajstić information content (AvgIpc) is 3.35. The lowest BCUT2D eigenvalue weighted by Gasteiger charge is -2.38. The number of nitrogens with zero attached hydrogens (tertiary/aromatic N) is 2. The van der Waals surface area contributed by atoms with Crippen molar-refractivity contribution in [1.82, 2.24) is 15.1 Å². The highest BCUT2D eigenvalue weighted by molar-refractivity contribution is 7.80. The van der Waals surface area contributed by atoms with Crippen LogP contribution in [0.5, 0.6) is 11.5 Å². The third kappa shape index (κ3) is 7.37. The fraction of sp³-hybridized carbons (Fsp3) is 0.323. The van der Waals surface area contributed by atoms with Crippen molar-refractivity contribution < 1.29 is 32.2 Å². The van der Waals surface area contributed by atoms with Crippen molar-refractivity contribution in [3.8, 4) is 11.5 Å². The van der Waals surface area contributed by atoms with Gasteiger partial charge in [0, 0.05) is 19.2 Å². The standard InChI is InChI=1S/C31H33F3N4O4S/c1-30(2,28(40)35-24-15-14-23(41-3)16-26(24)42-4)38(17-20-10-12-22(13-11-20)31(32,33)34)27(39)19-37-18-25(36-29(37)43)21-8-6-5-7-9-21/h5-16,25H,17-19H2,1-4H3,(H,35,40)(H,36,43)/t25-/m1/s1. The van der Waals surface area contributed by atoms with E-state index in [1.807, 2.05) is 30.3 Å². The summed E-state index contributed by atoms with van der Waals surface area (Å²) in [6.07, 6.45) is -4.50. The topological polar surface area (TPSA) is 83.1 Å². The Kier molecular flexibility index (Phi) is 9.49. The fourth-order valence-corrected chi connectivity index (χ4v) is 5.01. The van der Waals surface area contributed by atoms with E-state index >= 15 is 0 Å². The molecule has 43 heavy (non-hydrogen) atoms. The van der Waals surface area contributed by atoms with E-state index in [0.29, 0.717) is 34.4 Å². The van der Waals surface area contributed by atoms with Crippen LogP contribution in [0.2, 0.25) is 0 Å². The molecule has 3 aromatic rings. The molecule has 1 aliphatic heterocycles. The van der Waals surface area contributed by atoms with Crippen LogP contribution in [0.1, 0.15) is 36.6 Å². The molecule has 0 aliphatic carbocycles. The lowest BCUT2D eigenvalue weighted by molar-refractivity contribution is -0.144. The molecule has 12 heteroatoms. The maximum absolute atomic E-state index is 13.9. The Morgan fingerprint density at radius 3 is 2.30 bits per heavy atom. The van der Waals surface area contributed by atoms with E-state index in [9.17, 15) is 22.8 Å². The highest BCUT2D eigenvalue weighted by Crippen LogP contribution is 2.32. The number of benzene rings is 3. The molecule has 3 aromatic carbocycles. The minimum absolute atomic E-state index is 0.118. The number of hydrogen-bond acceptors (Lipinski definition) is 5. The maximum Gasteiger partial charge on any atom is 0.416 e. The van der Waals surface area contributed by atoms with E-state index in [-0.39, 0.29) is 19.1 Å². The molecule has 1 heterocycles. The Bertz CT molecular complexity index is 1470. The number of carbonyl (C=O) groups excluding carboxylic acids is 2. The van der Waals surface area contributed by atoms with Crippen LogP contribution in [-0.2, 0) is 22.3 Å². The van der Waals surface area contributed by atoms with Crippen LogP contribution in [-0.4, -0.2) is 59.6 Å². The summed E-state index contributed by atoms with van der Waals surface area (Å²) in [6, 6.07) is 18.9. The predicted molar refractivity (Wildman–Crippen MR) is 161 cm³/mol. The van der Waals surface area contributed by atoms with Gasteiger partial charge in [-0.05, 0) is 61.5 Å². The minimum atomic E-state index is -4.50. The molecule has 0 unspecified atom stereocenters. The van der Waals surface area contributed by atoms with Gasteiger partial charge in [0.05, 0.1) is 38.1 Å². The van der Waals surface area contributed by atoms with Crippen LogP contribution in [0, 0.1) is 0 Å². The molecule has 0 bridgehead atoms. The lowest BCUT2D eigenvalue weighted by atomic mass is 9.99. The average molecular weight is 615 g/mol. The van der Waals surface area contributed by atoms with Crippen molar-refractivity contribution >= 4 is 34.8 Å². The third-order valence-electron chi connectivity index (χ3n) is 7.33. The van der Waals surface area contributed by atoms with Crippen molar-refractivity contribution in [3.05, 3.63) is 89.5 Å². The molecule has 2 N–H and O–H groups in total. The fourth-order valence-electron chi connectivity index (χ4n) is 4.73. The zero-order chi connectivity index (χ0) is 31.4. The number of amides is 2. The molecular weight excluding hydrogens is 581 g/mol. The van der Waals surface area contributed by atoms with Crippen molar-refractivity contribution in [2.45, 2.75) is 38.1 Å². The monoisotopic (exact) mass is 614 g/mol. The Labute approximate surface area is 253 Å². The number of hydrogen-bond donors (Lipinski definition) is 2. The third-order valence-corrected chi connectivity index (χ3v) is 7.70. The van der Waals surface area contributed by atoms with Crippen LogP contribution in [0.25, 0.3) is 0 Å². The molecular formula is C31H33F3N4O4S. The number of thiocarbonyl (C=S) groups is 1. The van der Waals surface area contributed by atoms with Gasteiger partial charge in [0.2, 0.25) is 11.8 Å². The SMILES string of the molecule is COc1ccc(NC(=O)C(C)(C)N(Cc2ccc(C(F)(F)F)cc2)C(=O)CN2C[C@H](c3ccccc3)NC2=S)c(OC)c1. The zero-order valence-corrected chi connectivity index (χ0v) is 25.0. The Morgan fingerprint density at radius 1 is 1.02 bits per heavy atom. The van der Waals surface area contributed by atoms with Crippen LogP contribution in [0.3, 0.4) is 0 Å². The molecule has 0 spiro atoms. The molecule has 1 saturated heterocycles. The molecule has 4 rings (SSSR count). The van der Waals surface area contributed by atoms with Gasteiger partial charge in [-0.1, -0.05) is 42.5 Å². The summed E-state index contributed by atoms with van der Waals surface area (Å²) < 4.78 is 50.2. The highest BCUT2D eigenvalue weighted by atomic mass is 32.1. The minimum Gasteiger partial charge on any atom is -0.497 e. The van der Waals surface area contributed by atoms with Crippen LogP contribution >= 0.6 is 12.2 Å². The zero-order valence-electron chi connectivity index (χ0n) is 24.2. The Balaban J connectivity index is 1.60. The number of carbonyl (C=O) groups is 2. The number of ether oxygens (including phenoxy) is 2. The first-order chi connectivity index (χ1) is 20.3. The number of methoxy groups -OCH3 is 2. The summed E-state index contributed by atoms with van der Waals surface area (Å²) in [7, 11) is 2.95. The van der Waals surface area contributed by atoms with Gasteiger partial charge in [0.15, 0.2) is 5.11 Å². The smallest absolute Gasteiger partial charge is 0.416 e. The van der Waals surface area contributed by atoms with Crippen LogP contribution < -0.4 is 20.1 Å². The summed E-state index contributed by atoms with van der Waals surface area (Å²) in [5.74, 6) is -0.0816. The molecule has 8 nitrogen and oxygen atoms in total. The van der Waals surface area contributed by atoms with Crippen molar-refractivity contribution in [1.29, 1.82) is 0 Å². The largest absolute Gasteiger partial charge is 0.497 e. The number of rotatable bonds is 10. The van der Waals surface area contributed by atoms with E-state index < -0.39 is 29.1 Å². The highest BCUT2D eigenvalue weighted by Gasteiger charge is 2.40. The van der Waals surface area contributed by atoms with Crippen LogP contribution in [0.4, 0.5) is 18.9 Å². The number of alkyl halides is 3. The molecule has 0 saturated carbocycles. The molecule has 1 fully saturated rings. The van der Waals surface area contributed by atoms with E-state index in [1.165, 1.54) is 31.3 Å². The first kappa shape index (κ1) is 31.6. The molecule has 2 amide bonds. The van der Waals surface area contributed by atoms with Crippen molar-refractivity contribution in [2.24, 2.45) is 0 Å². The van der Waals surface area contributed by atoms with E-state index in [1.54, 1.807) is 36.9 Å². The van der Waals surface area contributed by atoms with Gasteiger partial charge in [0.1, 0.15) is 17.0 Å². The van der Waals surface area contributed by atoms with Crippen LogP contribution in [0.15, 0.2) is 72.8 Å². The summed E-state index contributed by atoms with van der Waals surface area (Å²) in [5, 5.41) is 6.44. The second-order valence-corrected chi connectivity index (χ2v) is 10.9. The Hall–Kier alpha value is -4.32. The lowest BCUT2D eigenvalue weighted by Crippen LogP contribution is -2.57. The van der Waals surface area contributed by atoms with E-state index in [0.717, 1.165) is 17.7 Å². The molecule has 1 atom stereocenters. The van der Waals surface area contributed by atoms with Crippen molar-refractivity contribution in [3.63, 3.8) is 0 Å². The normalized spacial score (nSPS) is 15.1. The molecule has 228 valence electrons.